The SMILES string of the molecule is Cc1ccc(S(=O)(=O)N(/C=C2\Cc3c(-c4ccccc4)c4ccccc4n3C2c2ccccc2)c2ccccc2Oc2ccccc2)cc1. The Balaban J connectivity index is 1.37. The van der Waals surface area contributed by atoms with Crippen molar-refractivity contribution in [3.63, 3.8) is 0 Å². The molecule has 2 heterocycles. The first kappa shape index (κ1) is 30.5. The van der Waals surface area contributed by atoms with Crippen molar-refractivity contribution >= 4 is 26.6 Å². The molecule has 0 bridgehead atoms. The van der Waals surface area contributed by atoms with Gasteiger partial charge < -0.3 is 9.30 Å². The van der Waals surface area contributed by atoms with Gasteiger partial charge in [-0.2, -0.15) is 0 Å². The molecule has 1 aliphatic rings. The highest BCUT2D eigenvalue weighted by Crippen LogP contribution is 2.48. The number of sulfonamides is 1. The van der Waals surface area contributed by atoms with Gasteiger partial charge in [-0.25, -0.2) is 12.7 Å². The van der Waals surface area contributed by atoms with E-state index in [0.717, 1.165) is 33.5 Å². The Bertz CT molecular complexity index is 2400. The van der Waals surface area contributed by atoms with Gasteiger partial charge in [-0.1, -0.05) is 127 Å². The fraction of sp³-hybridized carbons (Fsp3) is 0.0698. The van der Waals surface area contributed by atoms with E-state index in [4.69, 9.17) is 4.74 Å². The molecule has 0 N–H and O–H groups in total. The Kier molecular flexibility index (Phi) is 7.86. The van der Waals surface area contributed by atoms with E-state index < -0.39 is 10.0 Å². The number of para-hydroxylation sites is 4. The molecule has 5 nitrogen and oxygen atoms in total. The van der Waals surface area contributed by atoms with Crippen LogP contribution in [-0.4, -0.2) is 13.0 Å². The second-order valence-electron chi connectivity index (χ2n) is 12.3. The lowest BCUT2D eigenvalue weighted by Gasteiger charge is -2.26. The van der Waals surface area contributed by atoms with E-state index >= 15 is 0 Å². The van der Waals surface area contributed by atoms with Crippen molar-refractivity contribution in [2.75, 3.05) is 4.31 Å². The van der Waals surface area contributed by atoms with Crippen LogP contribution in [0.1, 0.15) is 22.9 Å². The summed E-state index contributed by atoms with van der Waals surface area (Å²) in [5.41, 5.74) is 7.99. The van der Waals surface area contributed by atoms with Crippen molar-refractivity contribution in [1.29, 1.82) is 0 Å². The molecule has 7 aromatic rings. The predicted octanol–water partition coefficient (Wildman–Crippen LogP) is 10.3. The second-order valence-corrected chi connectivity index (χ2v) is 14.1. The van der Waals surface area contributed by atoms with Gasteiger partial charge in [0.15, 0.2) is 5.75 Å². The number of benzene rings is 6. The van der Waals surface area contributed by atoms with Crippen LogP contribution in [-0.2, 0) is 16.4 Å². The van der Waals surface area contributed by atoms with Gasteiger partial charge in [-0.3, -0.25) is 0 Å². The molecule has 240 valence electrons. The third-order valence-corrected chi connectivity index (χ3v) is 10.8. The van der Waals surface area contributed by atoms with Crippen LogP contribution in [0.2, 0.25) is 0 Å². The van der Waals surface area contributed by atoms with E-state index in [1.807, 2.05) is 98.1 Å². The Hall–Kier alpha value is -5.85. The normalized spacial score (nSPS) is 15.0. The van der Waals surface area contributed by atoms with Gasteiger partial charge in [0.2, 0.25) is 0 Å². The van der Waals surface area contributed by atoms with Crippen LogP contribution in [0.3, 0.4) is 0 Å². The van der Waals surface area contributed by atoms with E-state index in [2.05, 4.69) is 65.2 Å². The Morgan fingerprint density at radius 2 is 1.31 bits per heavy atom. The van der Waals surface area contributed by atoms with Crippen molar-refractivity contribution in [3.05, 3.63) is 192 Å². The molecule has 0 fully saturated rings. The zero-order valence-electron chi connectivity index (χ0n) is 27.0. The van der Waals surface area contributed by atoms with Crippen molar-refractivity contribution in [1.82, 2.24) is 4.57 Å². The summed E-state index contributed by atoms with van der Waals surface area (Å²) in [5, 5.41) is 1.18. The number of aryl methyl sites for hydroxylation is 1. The van der Waals surface area contributed by atoms with Gasteiger partial charge in [0, 0.05) is 34.8 Å². The largest absolute Gasteiger partial charge is 0.455 e. The number of fused-ring (bicyclic) bond motifs is 3. The second kappa shape index (κ2) is 12.6. The minimum atomic E-state index is -4.09. The molecule has 8 rings (SSSR count). The number of anilines is 1. The van der Waals surface area contributed by atoms with Crippen molar-refractivity contribution in [3.8, 4) is 22.6 Å². The maximum absolute atomic E-state index is 14.8. The zero-order chi connectivity index (χ0) is 33.4. The van der Waals surface area contributed by atoms with Gasteiger partial charge in [-0.15, -0.1) is 0 Å². The molecular weight excluding hydrogens is 625 g/mol. The van der Waals surface area contributed by atoms with Crippen LogP contribution >= 0.6 is 0 Å². The maximum Gasteiger partial charge on any atom is 0.268 e. The third-order valence-electron chi connectivity index (χ3n) is 9.11. The maximum atomic E-state index is 14.8. The molecule has 0 saturated carbocycles. The van der Waals surface area contributed by atoms with E-state index in [0.29, 0.717) is 23.6 Å². The number of aromatic nitrogens is 1. The van der Waals surface area contributed by atoms with Crippen LogP contribution in [0, 0.1) is 6.92 Å². The van der Waals surface area contributed by atoms with E-state index in [9.17, 15) is 8.42 Å². The molecule has 0 radical (unpaired) electrons. The lowest BCUT2D eigenvalue weighted by atomic mass is 9.95. The first-order valence-corrected chi connectivity index (χ1v) is 17.8. The van der Waals surface area contributed by atoms with Crippen LogP contribution in [0.15, 0.2) is 180 Å². The van der Waals surface area contributed by atoms with E-state index in [-0.39, 0.29) is 10.9 Å². The van der Waals surface area contributed by atoms with Crippen LogP contribution in [0.4, 0.5) is 5.69 Å². The van der Waals surface area contributed by atoms with Crippen LogP contribution in [0.25, 0.3) is 22.0 Å². The fourth-order valence-electron chi connectivity index (χ4n) is 6.87. The topological polar surface area (TPSA) is 51.5 Å². The molecule has 1 aromatic heterocycles. The standard InChI is InChI=1S/C43H34N2O3S/c1-31-25-27-36(28-26-31)49(46,47)44(39-23-13-14-24-41(39)48-35-19-9-4-10-20-35)30-34-29-40-42(32-15-5-2-6-16-32)37-21-11-12-22-38(37)45(40)43(34)33-17-7-3-8-18-33/h2-28,30,43H,29H2,1H3/b34-30+. The number of hydrogen-bond acceptors (Lipinski definition) is 3. The Morgan fingerprint density at radius 1 is 0.694 bits per heavy atom. The van der Waals surface area contributed by atoms with Gasteiger partial charge in [-0.05, 0) is 66.1 Å². The molecule has 1 atom stereocenters. The number of allylic oxidation sites excluding steroid dienone is 1. The molecule has 0 saturated heterocycles. The molecule has 6 heteroatoms. The summed E-state index contributed by atoms with van der Waals surface area (Å²) in [5.74, 6) is 1.05. The predicted molar refractivity (Wildman–Crippen MR) is 198 cm³/mol. The molecule has 1 unspecified atom stereocenters. The van der Waals surface area contributed by atoms with Gasteiger partial charge in [0.1, 0.15) is 5.75 Å². The third kappa shape index (κ3) is 5.60. The number of nitrogens with zero attached hydrogens (tertiary/aromatic N) is 2. The summed E-state index contributed by atoms with van der Waals surface area (Å²) in [7, 11) is -4.09. The average molecular weight is 659 g/mol. The minimum absolute atomic E-state index is 0.203. The van der Waals surface area contributed by atoms with Crippen LogP contribution in [0.5, 0.6) is 11.5 Å². The van der Waals surface area contributed by atoms with E-state index in [1.165, 1.54) is 15.3 Å². The molecule has 49 heavy (non-hydrogen) atoms. The number of rotatable bonds is 8. The minimum Gasteiger partial charge on any atom is -0.455 e. The van der Waals surface area contributed by atoms with E-state index in [1.54, 1.807) is 18.2 Å². The fourth-order valence-corrected chi connectivity index (χ4v) is 8.26. The molecule has 0 spiro atoms. The van der Waals surface area contributed by atoms with Crippen molar-refractivity contribution in [2.24, 2.45) is 0 Å². The monoisotopic (exact) mass is 658 g/mol. The summed E-state index contributed by atoms with van der Waals surface area (Å²) < 4.78 is 39.8. The van der Waals surface area contributed by atoms with Crippen molar-refractivity contribution in [2.45, 2.75) is 24.3 Å². The highest BCUT2D eigenvalue weighted by molar-refractivity contribution is 7.93. The molecule has 1 aliphatic heterocycles. The lowest BCUT2D eigenvalue weighted by molar-refractivity contribution is 0.483. The lowest BCUT2D eigenvalue weighted by Crippen LogP contribution is -2.27. The van der Waals surface area contributed by atoms with Crippen molar-refractivity contribution < 1.29 is 13.2 Å². The van der Waals surface area contributed by atoms with Gasteiger partial charge in [0.25, 0.3) is 10.0 Å². The molecular formula is C43H34N2O3S. The summed E-state index contributed by atoms with van der Waals surface area (Å²) in [6.45, 7) is 1.95. The Morgan fingerprint density at radius 3 is 2.04 bits per heavy atom. The number of hydrogen-bond donors (Lipinski definition) is 0. The summed E-state index contributed by atoms with van der Waals surface area (Å²) in [6.07, 6.45) is 2.39. The smallest absolute Gasteiger partial charge is 0.268 e. The first-order chi connectivity index (χ1) is 24.0. The quantitative estimate of drug-likeness (QED) is 0.163. The first-order valence-electron chi connectivity index (χ1n) is 16.3. The highest BCUT2D eigenvalue weighted by Gasteiger charge is 2.36. The van der Waals surface area contributed by atoms with Gasteiger partial charge in [0.05, 0.1) is 16.6 Å². The Labute approximate surface area is 287 Å². The summed E-state index contributed by atoms with van der Waals surface area (Å²) in [6, 6.07) is 52.8. The molecule has 0 aliphatic carbocycles. The summed E-state index contributed by atoms with van der Waals surface area (Å²) >= 11 is 0. The van der Waals surface area contributed by atoms with Crippen LogP contribution < -0.4 is 9.04 Å². The number of ether oxygens (including phenoxy) is 1. The average Bonchev–Trinajstić information content (AvgIpc) is 3.66. The molecule has 0 amide bonds. The summed E-state index contributed by atoms with van der Waals surface area (Å²) in [4.78, 5) is 0.203. The highest BCUT2D eigenvalue weighted by atomic mass is 32.2. The van der Waals surface area contributed by atoms with Gasteiger partial charge >= 0.3 is 0 Å². The molecule has 6 aromatic carbocycles. The zero-order valence-corrected chi connectivity index (χ0v) is 27.8.